The predicted octanol–water partition coefficient (Wildman–Crippen LogP) is -1.46. The molecule has 8 heteroatoms. The molecule has 0 atom stereocenters. The lowest BCUT2D eigenvalue weighted by Gasteiger charge is -2.06. The molecule has 5 N–H and O–H groups in total. The predicted molar refractivity (Wildman–Crippen MR) is 61.3 cm³/mol. The van der Waals surface area contributed by atoms with Crippen molar-refractivity contribution < 1.29 is 0 Å². The van der Waals surface area contributed by atoms with Gasteiger partial charge < -0.3 is 16.5 Å². The summed E-state index contributed by atoms with van der Waals surface area (Å²) in [5.41, 5.74) is 10.4. The lowest BCUT2D eigenvalue weighted by Crippen LogP contribution is -2.25. The number of hydrogen-bond donors (Lipinski definition) is 3. The molecule has 8 nitrogen and oxygen atoms in total. The molecule has 0 saturated carbocycles. The van der Waals surface area contributed by atoms with Gasteiger partial charge in [-0.2, -0.15) is 9.97 Å². The summed E-state index contributed by atoms with van der Waals surface area (Å²) in [5, 5.41) is 0. The van der Waals surface area contributed by atoms with Gasteiger partial charge in [0.1, 0.15) is 11.6 Å². The van der Waals surface area contributed by atoms with Crippen molar-refractivity contribution in [3.63, 3.8) is 0 Å². The normalized spacial score (nSPS) is 10.4. The summed E-state index contributed by atoms with van der Waals surface area (Å²) in [7, 11) is 0. The number of aromatic nitrogens is 4. The van der Waals surface area contributed by atoms with Crippen molar-refractivity contribution in [3.05, 3.63) is 45.0 Å². The lowest BCUT2D eigenvalue weighted by molar-refractivity contribution is 0.724. The molecule has 2 rings (SSSR count). The van der Waals surface area contributed by atoms with Crippen LogP contribution in [-0.4, -0.2) is 19.5 Å². The Balaban J connectivity index is 2.38. The second-order valence-corrected chi connectivity index (χ2v) is 3.38. The number of nitrogens with zero attached hydrogens (tertiary/aromatic N) is 3. The highest BCUT2D eigenvalue weighted by Crippen LogP contribution is 2.04. The van der Waals surface area contributed by atoms with E-state index in [2.05, 4.69) is 15.0 Å². The maximum absolute atomic E-state index is 11.5. The second-order valence-electron chi connectivity index (χ2n) is 3.38. The summed E-state index contributed by atoms with van der Waals surface area (Å²) in [6.45, 7) is 0.168. The van der Waals surface area contributed by atoms with Crippen molar-refractivity contribution in [2.24, 2.45) is 0 Å². The van der Waals surface area contributed by atoms with Crippen molar-refractivity contribution in [3.8, 4) is 0 Å². The number of rotatable bonds is 2. The monoisotopic (exact) mass is 234 g/mol. The molecule has 0 radical (unpaired) electrons. The molecule has 0 fully saturated rings. The number of anilines is 2. The first kappa shape index (κ1) is 10.9. The summed E-state index contributed by atoms with van der Waals surface area (Å²) in [4.78, 5) is 31.8. The van der Waals surface area contributed by atoms with Gasteiger partial charge in [-0.1, -0.05) is 0 Å². The number of nitrogens with two attached hydrogens (primary N) is 2. The van der Waals surface area contributed by atoms with E-state index in [-0.39, 0.29) is 18.2 Å². The third-order valence-electron chi connectivity index (χ3n) is 2.16. The van der Waals surface area contributed by atoms with Crippen LogP contribution in [0, 0.1) is 0 Å². The number of nitrogens with one attached hydrogen (secondary N) is 1. The Morgan fingerprint density at radius 3 is 2.71 bits per heavy atom. The fourth-order valence-electron chi connectivity index (χ4n) is 1.31. The molecule has 0 amide bonds. The quantitative estimate of drug-likeness (QED) is 0.581. The van der Waals surface area contributed by atoms with Crippen LogP contribution in [0.4, 0.5) is 11.6 Å². The van der Waals surface area contributed by atoms with E-state index in [4.69, 9.17) is 11.5 Å². The summed E-state index contributed by atoms with van der Waals surface area (Å²) < 4.78 is 1.31. The molecule has 0 aliphatic rings. The number of aromatic amines is 1. The van der Waals surface area contributed by atoms with Crippen LogP contribution in [0.25, 0.3) is 0 Å². The van der Waals surface area contributed by atoms with Crippen LogP contribution in [0.2, 0.25) is 0 Å². The summed E-state index contributed by atoms with van der Waals surface area (Å²) in [6, 6.07) is 1.50. The minimum atomic E-state index is -0.533. The smallest absolute Gasteiger partial charge is 0.349 e. The molecule has 0 bridgehead atoms. The average Bonchev–Trinajstić information content (AvgIpc) is 2.25. The van der Waals surface area contributed by atoms with Gasteiger partial charge in [-0.15, -0.1) is 0 Å². The third-order valence-corrected chi connectivity index (χ3v) is 2.16. The maximum atomic E-state index is 11.5. The number of H-pyrrole nitrogens is 1. The van der Waals surface area contributed by atoms with Gasteiger partial charge in [-0.25, -0.2) is 9.59 Å². The first-order chi connectivity index (χ1) is 8.06. The molecule has 17 heavy (non-hydrogen) atoms. The first-order valence-corrected chi connectivity index (χ1v) is 4.73. The number of hydrogen-bond acceptors (Lipinski definition) is 6. The average molecular weight is 234 g/mol. The van der Waals surface area contributed by atoms with Gasteiger partial charge >= 0.3 is 11.4 Å². The van der Waals surface area contributed by atoms with Crippen LogP contribution in [0.15, 0.2) is 28.0 Å². The molecule has 0 saturated heterocycles. The van der Waals surface area contributed by atoms with E-state index in [1.807, 2.05) is 0 Å². The zero-order chi connectivity index (χ0) is 12.4. The Bertz CT molecular complexity index is 659. The van der Waals surface area contributed by atoms with Crippen LogP contribution in [0.3, 0.4) is 0 Å². The molecule has 0 aliphatic carbocycles. The van der Waals surface area contributed by atoms with Crippen molar-refractivity contribution in [2.75, 3.05) is 11.5 Å². The fraction of sp³-hybridized carbons (Fsp3) is 0.111. The van der Waals surface area contributed by atoms with Gasteiger partial charge in [-0.3, -0.25) is 4.57 Å². The van der Waals surface area contributed by atoms with Crippen LogP contribution >= 0.6 is 0 Å². The standard InChI is InChI=1S/C9H10N6O2/c10-6-1-2-15(9(17)13-6)4-5-3-12-8(16)14-7(5)11/h1-3H,4H2,(H2,10,13,17)(H3,11,12,14,16). The zero-order valence-electron chi connectivity index (χ0n) is 8.75. The molecule has 0 aromatic carbocycles. The Hall–Kier alpha value is -2.64. The van der Waals surface area contributed by atoms with Gasteiger partial charge in [0.2, 0.25) is 0 Å². The van der Waals surface area contributed by atoms with Gasteiger partial charge in [0, 0.05) is 18.0 Å². The highest BCUT2D eigenvalue weighted by atomic mass is 16.1. The third kappa shape index (κ3) is 2.30. The fourth-order valence-corrected chi connectivity index (χ4v) is 1.31. The van der Waals surface area contributed by atoms with Crippen molar-refractivity contribution in [1.29, 1.82) is 0 Å². The van der Waals surface area contributed by atoms with Crippen LogP contribution in [0.1, 0.15) is 5.56 Å². The number of nitrogen functional groups attached to an aromatic ring is 2. The molecular formula is C9H10N6O2. The van der Waals surface area contributed by atoms with Gasteiger partial charge in [0.05, 0.1) is 6.54 Å². The van der Waals surface area contributed by atoms with Gasteiger partial charge in [-0.05, 0) is 6.07 Å². The topological polar surface area (TPSA) is 133 Å². The summed E-state index contributed by atoms with van der Waals surface area (Å²) >= 11 is 0. The lowest BCUT2D eigenvalue weighted by atomic mass is 10.3. The molecule has 88 valence electrons. The molecule has 0 unspecified atom stereocenters. The van der Waals surface area contributed by atoms with Crippen molar-refractivity contribution >= 4 is 11.6 Å². The highest BCUT2D eigenvalue weighted by molar-refractivity contribution is 5.36. The second kappa shape index (κ2) is 4.08. The Morgan fingerprint density at radius 1 is 1.29 bits per heavy atom. The van der Waals surface area contributed by atoms with E-state index < -0.39 is 11.4 Å². The minimum absolute atomic E-state index is 0.0810. The van der Waals surface area contributed by atoms with Crippen LogP contribution in [-0.2, 0) is 6.54 Å². The van der Waals surface area contributed by atoms with Crippen molar-refractivity contribution in [2.45, 2.75) is 6.54 Å². The van der Waals surface area contributed by atoms with Gasteiger partial charge in [0.15, 0.2) is 0 Å². The molecule has 2 aromatic heterocycles. The molecule has 2 aromatic rings. The van der Waals surface area contributed by atoms with E-state index in [0.717, 1.165) is 0 Å². The van der Waals surface area contributed by atoms with Crippen LogP contribution in [0.5, 0.6) is 0 Å². The van der Waals surface area contributed by atoms with Gasteiger partial charge in [0.25, 0.3) is 0 Å². The van der Waals surface area contributed by atoms with Crippen molar-refractivity contribution in [1.82, 2.24) is 19.5 Å². The summed E-state index contributed by atoms with van der Waals surface area (Å²) in [5.74, 6) is 0.233. The van der Waals surface area contributed by atoms with Crippen LogP contribution < -0.4 is 22.8 Å². The molecular weight excluding hydrogens is 224 g/mol. The van der Waals surface area contributed by atoms with E-state index in [0.29, 0.717) is 5.56 Å². The highest BCUT2D eigenvalue weighted by Gasteiger charge is 2.04. The molecule has 2 heterocycles. The Morgan fingerprint density at radius 2 is 2.06 bits per heavy atom. The zero-order valence-corrected chi connectivity index (χ0v) is 8.75. The van der Waals surface area contributed by atoms with E-state index in [1.165, 1.54) is 23.0 Å². The van der Waals surface area contributed by atoms with E-state index in [9.17, 15) is 9.59 Å². The Kier molecular flexibility index (Phi) is 2.61. The molecule has 0 spiro atoms. The maximum Gasteiger partial charge on any atom is 0.349 e. The SMILES string of the molecule is Nc1ccn(Cc2c[nH]c(=O)nc2N)c(=O)n1. The summed E-state index contributed by atoms with van der Waals surface area (Å²) in [6.07, 6.45) is 2.91. The van der Waals surface area contributed by atoms with E-state index in [1.54, 1.807) is 0 Å². The minimum Gasteiger partial charge on any atom is -0.383 e. The van der Waals surface area contributed by atoms with E-state index >= 15 is 0 Å². The Labute approximate surface area is 94.9 Å². The molecule has 0 aliphatic heterocycles. The largest absolute Gasteiger partial charge is 0.383 e. The first-order valence-electron chi connectivity index (χ1n) is 4.73.